The minimum absolute atomic E-state index is 0.0191. The van der Waals surface area contributed by atoms with E-state index in [2.05, 4.69) is 48.0 Å². The van der Waals surface area contributed by atoms with Crippen LogP contribution in [0, 0.1) is 13.8 Å². The maximum Gasteiger partial charge on any atom is 0.224 e. The Bertz CT molecular complexity index is 1280. The Morgan fingerprint density at radius 3 is 2.63 bits per heavy atom. The summed E-state index contributed by atoms with van der Waals surface area (Å²) in [6.45, 7) is 6.03. The van der Waals surface area contributed by atoms with Gasteiger partial charge in [0.2, 0.25) is 5.91 Å². The molecule has 0 radical (unpaired) electrons. The van der Waals surface area contributed by atoms with Gasteiger partial charge in [0.15, 0.2) is 0 Å². The van der Waals surface area contributed by atoms with Crippen molar-refractivity contribution in [3.8, 4) is 11.5 Å². The Balaban J connectivity index is 1.32. The maximum absolute atomic E-state index is 12.3. The second-order valence-electron chi connectivity index (χ2n) is 8.76. The van der Waals surface area contributed by atoms with Gasteiger partial charge in [-0.05, 0) is 67.3 Å². The minimum atomic E-state index is 0.0191. The van der Waals surface area contributed by atoms with Crippen LogP contribution in [-0.4, -0.2) is 35.7 Å². The number of hydrogen-bond acceptors (Lipinski definition) is 4. The predicted octanol–water partition coefficient (Wildman–Crippen LogP) is 5.03. The number of nitrogens with one attached hydrogen (secondary N) is 1. The molecule has 6 nitrogen and oxygen atoms in total. The second-order valence-corrected chi connectivity index (χ2v) is 8.76. The highest BCUT2D eigenvalue weighted by Gasteiger charge is 2.11. The SMILES string of the molecule is COc1ccc(CC(=O)NCCCc2nc3ccccc3n2CCOc2cc(C)ccc2C)cc1. The molecule has 0 aliphatic heterocycles. The van der Waals surface area contributed by atoms with Gasteiger partial charge in [0.25, 0.3) is 0 Å². The average Bonchev–Trinajstić information content (AvgIpc) is 3.22. The number of carbonyl (C=O) groups excluding carboxylic acids is 1. The fourth-order valence-electron chi connectivity index (χ4n) is 4.14. The van der Waals surface area contributed by atoms with Gasteiger partial charge in [-0.3, -0.25) is 4.79 Å². The summed E-state index contributed by atoms with van der Waals surface area (Å²) in [7, 11) is 1.63. The Morgan fingerprint density at radius 2 is 1.83 bits per heavy atom. The molecule has 35 heavy (non-hydrogen) atoms. The molecule has 0 unspecified atom stereocenters. The Hall–Kier alpha value is -3.80. The quantitative estimate of drug-likeness (QED) is 0.312. The van der Waals surface area contributed by atoms with E-state index in [1.165, 1.54) is 5.56 Å². The summed E-state index contributed by atoms with van der Waals surface area (Å²) >= 11 is 0. The molecule has 3 aromatic carbocycles. The first-order valence-electron chi connectivity index (χ1n) is 12.1. The molecule has 0 aliphatic carbocycles. The number of aromatic nitrogens is 2. The van der Waals surface area contributed by atoms with Crippen molar-refractivity contribution in [2.24, 2.45) is 0 Å². The van der Waals surface area contributed by atoms with Crippen LogP contribution in [0.2, 0.25) is 0 Å². The first-order valence-corrected chi connectivity index (χ1v) is 12.1. The van der Waals surface area contributed by atoms with Crippen LogP contribution in [-0.2, 0) is 24.2 Å². The van der Waals surface area contributed by atoms with Crippen molar-refractivity contribution in [2.75, 3.05) is 20.3 Å². The Labute approximate surface area is 206 Å². The lowest BCUT2D eigenvalue weighted by Gasteiger charge is -2.13. The van der Waals surface area contributed by atoms with Gasteiger partial charge >= 0.3 is 0 Å². The van der Waals surface area contributed by atoms with Gasteiger partial charge in [-0.25, -0.2) is 4.98 Å². The van der Waals surface area contributed by atoms with Crippen LogP contribution in [0.3, 0.4) is 0 Å². The van der Waals surface area contributed by atoms with Crippen molar-refractivity contribution in [1.82, 2.24) is 14.9 Å². The van der Waals surface area contributed by atoms with E-state index in [1.807, 2.05) is 42.5 Å². The molecule has 0 saturated heterocycles. The van der Waals surface area contributed by atoms with Crippen LogP contribution in [0.1, 0.15) is 28.9 Å². The van der Waals surface area contributed by atoms with Crippen molar-refractivity contribution in [3.05, 3.63) is 89.2 Å². The number of carbonyl (C=O) groups is 1. The molecule has 0 saturated carbocycles. The minimum Gasteiger partial charge on any atom is -0.497 e. The van der Waals surface area contributed by atoms with Crippen molar-refractivity contribution >= 4 is 16.9 Å². The van der Waals surface area contributed by atoms with E-state index in [0.717, 1.165) is 52.3 Å². The number of hydrogen-bond donors (Lipinski definition) is 1. The number of imidazole rings is 1. The fourth-order valence-corrected chi connectivity index (χ4v) is 4.14. The van der Waals surface area contributed by atoms with Crippen LogP contribution in [0.25, 0.3) is 11.0 Å². The molecule has 1 aromatic heterocycles. The summed E-state index contributed by atoms with van der Waals surface area (Å²) < 4.78 is 13.5. The summed E-state index contributed by atoms with van der Waals surface area (Å²) in [5, 5.41) is 3.03. The summed E-state index contributed by atoms with van der Waals surface area (Å²) in [4.78, 5) is 17.2. The Morgan fingerprint density at radius 1 is 1.03 bits per heavy atom. The highest BCUT2D eigenvalue weighted by Crippen LogP contribution is 2.21. The van der Waals surface area contributed by atoms with Crippen molar-refractivity contribution in [2.45, 2.75) is 39.7 Å². The molecule has 0 spiro atoms. The first kappa shape index (κ1) is 24.3. The molecular formula is C29H33N3O3. The zero-order chi connectivity index (χ0) is 24.6. The van der Waals surface area contributed by atoms with Crippen LogP contribution >= 0.6 is 0 Å². The number of benzene rings is 3. The van der Waals surface area contributed by atoms with E-state index in [1.54, 1.807) is 7.11 Å². The van der Waals surface area contributed by atoms with E-state index in [0.29, 0.717) is 26.1 Å². The standard InChI is InChI=1S/C29H33N3O3/c1-21-10-11-22(2)27(19-21)35-18-17-32-26-8-5-4-7-25(26)31-28(32)9-6-16-30-29(33)20-23-12-14-24(34-3)15-13-23/h4-5,7-8,10-15,19H,6,9,16-18,20H2,1-3H3,(H,30,33). The van der Waals surface area contributed by atoms with Gasteiger partial charge < -0.3 is 19.4 Å². The normalized spacial score (nSPS) is 10.9. The highest BCUT2D eigenvalue weighted by atomic mass is 16.5. The lowest BCUT2D eigenvalue weighted by atomic mass is 10.1. The topological polar surface area (TPSA) is 65.4 Å². The molecule has 1 amide bonds. The number of aryl methyl sites for hydroxylation is 3. The lowest BCUT2D eigenvalue weighted by Crippen LogP contribution is -2.26. The van der Waals surface area contributed by atoms with Crippen molar-refractivity contribution in [3.63, 3.8) is 0 Å². The zero-order valence-corrected chi connectivity index (χ0v) is 20.7. The van der Waals surface area contributed by atoms with Gasteiger partial charge in [0.1, 0.15) is 23.9 Å². The van der Waals surface area contributed by atoms with Gasteiger partial charge in [-0.2, -0.15) is 0 Å². The molecule has 1 heterocycles. The van der Waals surface area contributed by atoms with Gasteiger partial charge in [-0.1, -0.05) is 36.4 Å². The molecule has 0 bridgehead atoms. The third-order valence-corrected chi connectivity index (χ3v) is 6.07. The van der Waals surface area contributed by atoms with Crippen LogP contribution in [0.15, 0.2) is 66.7 Å². The van der Waals surface area contributed by atoms with E-state index >= 15 is 0 Å². The average molecular weight is 472 g/mol. The van der Waals surface area contributed by atoms with Crippen molar-refractivity contribution < 1.29 is 14.3 Å². The van der Waals surface area contributed by atoms with Crippen LogP contribution in [0.4, 0.5) is 0 Å². The van der Waals surface area contributed by atoms with Crippen LogP contribution in [0.5, 0.6) is 11.5 Å². The molecular weight excluding hydrogens is 438 g/mol. The summed E-state index contributed by atoms with van der Waals surface area (Å²) in [5.74, 6) is 2.75. The molecule has 0 aliphatic rings. The van der Waals surface area contributed by atoms with Gasteiger partial charge in [-0.15, -0.1) is 0 Å². The summed E-state index contributed by atoms with van der Waals surface area (Å²) in [6, 6.07) is 22.0. The number of ether oxygens (including phenoxy) is 2. The first-order chi connectivity index (χ1) is 17.0. The largest absolute Gasteiger partial charge is 0.497 e. The molecule has 0 atom stereocenters. The molecule has 0 fully saturated rings. The molecule has 4 aromatic rings. The number of amides is 1. The maximum atomic E-state index is 12.3. The van der Waals surface area contributed by atoms with Crippen molar-refractivity contribution in [1.29, 1.82) is 0 Å². The number of methoxy groups -OCH3 is 1. The number of nitrogens with zero attached hydrogens (tertiary/aromatic N) is 2. The monoisotopic (exact) mass is 471 g/mol. The summed E-state index contributed by atoms with van der Waals surface area (Å²) in [6.07, 6.45) is 1.95. The summed E-state index contributed by atoms with van der Waals surface area (Å²) in [5.41, 5.74) is 5.38. The third-order valence-electron chi connectivity index (χ3n) is 6.07. The van der Waals surface area contributed by atoms with Crippen LogP contribution < -0.4 is 14.8 Å². The van der Waals surface area contributed by atoms with E-state index < -0.39 is 0 Å². The molecule has 4 rings (SSSR count). The molecule has 182 valence electrons. The number of rotatable bonds is 11. The molecule has 6 heteroatoms. The van der Waals surface area contributed by atoms with Gasteiger partial charge in [0, 0.05) is 13.0 Å². The zero-order valence-electron chi connectivity index (χ0n) is 20.7. The second kappa shape index (κ2) is 11.6. The Kier molecular flexibility index (Phi) is 8.03. The fraction of sp³-hybridized carbons (Fsp3) is 0.310. The number of para-hydroxylation sites is 2. The smallest absolute Gasteiger partial charge is 0.224 e. The molecule has 1 N–H and O–H groups in total. The number of fused-ring (bicyclic) bond motifs is 1. The van der Waals surface area contributed by atoms with E-state index in [9.17, 15) is 4.79 Å². The lowest BCUT2D eigenvalue weighted by molar-refractivity contribution is -0.120. The predicted molar refractivity (Wildman–Crippen MR) is 139 cm³/mol. The van der Waals surface area contributed by atoms with E-state index in [4.69, 9.17) is 14.5 Å². The van der Waals surface area contributed by atoms with Gasteiger partial charge in [0.05, 0.1) is 31.1 Å². The van der Waals surface area contributed by atoms with E-state index in [-0.39, 0.29) is 5.91 Å². The highest BCUT2D eigenvalue weighted by molar-refractivity contribution is 5.78. The third kappa shape index (κ3) is 6.41.